The number of rotatable bonds is 3. The van der Waals surface area contributed by atoms with Gasteiger partial charge in [0.1, 0.15) is 15.4 Å². The molecule has 0 atom stereocenters. The maximum absolute atomic E-state index is 11.8. The van der Waals surface area contributed by atoms with Crippen LogP contribution in [0, 0.1) is 0 Å². The molecule has 1 aromatic heterocycles. The summed E-state index contributed by atoms with van der Waals surface area (Å²) >= 11 is 1.14. The van der Waals surface area contributed by atoms with Crippen molar-refractivity contribution < 1.29 is 14.3 Å². The molecule has 0 saturated carbocycles. The first-order valence-corrected chi connectivity index (χ1v) is 5.65. The molecule has 1 rings (SSSR count). The van der Waals surface area contributed by atoms with Gasteiger partial charge in [-0.25, -0.2) is 4.79 Å². The number of nitrogens with zero attached hydrogens (tertiary/aromatic N) is 1. The van der Waals surface area contributed by atoms with Crippen LogP contribution in [0.3, 0.4) is 0 Å². The number of ether oxygens (including phenoxy) is 1. The van der Waals surface area contributed by atoms with Crippen LogP contribution in [-0.2, 0) is 4.74 Å². The number of hydrogen-bond donors (Lipinski definition) is 2. The van der Waals surface area contributed by atoms with Crippen molar-refractivity contribution in [1.29, 1.82) is 0 Å². The third-order valence-corrected chi connectivity index (χ3v) is 3.37. The number of nitrogens with two attached hydrogens (primary N) is 1. The summed E-state index contributed by atoms with van der Waals surface area (Å²) in [5, 5.41) is 3.36. The zero-order valence-corrected chi connectivity index (χ0v) is 11.0. The third-order valence-electron chi connectivity index (χ3n) is 2.16. The molecule has 6 nitrogen and oxygen atoms in total. The second-order valence-electron chi connectivity index (χ2n) is 3.49. The Hall–Kier alpha value is -1.76. The molecule has 0 fully saturated rings. The average Bonchev–Trinajstić information content (AvgIpc) is 2.64. The van der Waals surface area contributed by atoms with E-state index in [1.165, 1.54) is 12.0 Å². The molecule has 0 bridgehead atoms. The molecule has 0 aliphatic carbocycles. The number of nitrogen functional groups attached to an aromatic ring is 1. The fourth-order valence-electron chi connectivity index (χ4n) is 1.29. The minimum Gasteiger partial charge on any atom is -0.465 e. The summed E-state index contributed by atoms with van der Waals surface area (Å²) in [6.45, 7) is 0. The smallest absolute Gasteiger partial charge is 0.343 e. The van der Waals surface area contributed by atoms with Crippen molar-refractivity contribution in [3.63, 3.8) is 0 Å². The molecular formula is C10H15N3O3S. The van der Waals surface area contributed by atoms with Gasteiger partial charge in [-0.3, -0.25) is 4.79 Å². The highest BCUT2D eigenvalue weighted by molar-refractivity contribution is 7.19. The normalized spacial score (nSPS) is 9.88. The predicted molar refractivity (Wildman–Crippen MR) is 67.6 cm³/mol. The van der Waals surface area contributed by atoms with E-state index in [9.17, 15) is 9.59 Å². The van der Waals surface area contributed by atoms with Gasteiger partial charge < -0.3 is 20.7 Å². The molecule has 3 N–H and O–H groups in total. The van der Waals surface area contributed by atoms with Crippen molar-refractivity contribution >= 4 is 33.9 Å². The molecule has 0 saturated heterocycles. The van der Waals surface area contributed by atoms with Crippen molar-refractivity contribution in [3.05, 3.63) is 10.4 Å². The SMILES string of the molecule is CNc1sc(C(=O)N(C)C)c(N)c1C(=O)OC. The first-order chi connectivity index (χ1) is 7.93. The lowest BCUT2D eigenvalue weighted by Gasteiger charge is -2.08. The van der Waals surface area contributed by atoms with Gasteiger partial charge in [-0.15, -0.1) is 11.3 Å². The predicted octanol–water partition coefficient (Wildman–Crippen LogP) is 0.860. The van der Waals surface area contributed by atoms with Crippen LogP contribution in [0.15, 0.2) is 0 Å². The highest BCUT2D eigenvalue weighted by Gasteiger charge is 2.26. The number of methoxy groups -OCH3 is 1. The highest BCUT2D eigenvalue weighted by Crippen LogP contribution is 2.36. The highest BCUT2D eigenvalue weighted by atomic mass is 32.1. The van der Waals surface area contributed by atoms with Gasteiger partial charge in [0.25, 0.3) is 5.91 Å². The minimum absolute atomic E-state index is 0.157. The Balaban J connectivity index is 3.33. The van der Waals surface area contributed by atoms with Crippen molar-refractivity contribution in [2.75, 3.05) is 39.3 Å². The van der Waals surface area contributed by atoms with Crippen molar-refractivity contribution in [2.45, 2.75) is 0 Å². The van der Waals surface area contributed by atoms with Crippen LogP contribution in [0.4, 0.5) is 10.7 Å². The van der Waals surface area contributed by atoms with E-state index < -0.39 is 5.97 Å². The summed E-state index contributed by atoms with van der Waals surface area (Å²) in [6, 6.07) is 0. The van der Waals surface area contributed by atoms with E-state index in [0.717, 1.165) is 11.3 Å². The summed E-state index contributed by atoms with van der Waals surface area (Å²) in [6.07, 6.45) is 0. The van der Waals surface area contributed by atoms with Gasteiger partial charge in [0, 0.05) is 21.1 Å². The molecule has 0 radical (unpaired) electrons. The van der Waals surface area contributed by atoms with E-state index >= 15 is 0 Å². The monoisotopic (exact) mass is 257 g/mol. The number of anilines is 2. The fourth-order valence-corrected chi connectivity index (χ4v) is 2.37. The average molecular weight is 257 g/mol. The minimum atomic E-state index is -0.555. The Bertz CT molecular complexity index is 454. The molecule has 1 heterocycles. The van der Waals surface area contributed by atoms with E-state index in [2.05, 4.69) is 10.1 Å². The van der Waals surface area contributed by atoms with Crippen LogP contribution in [0.1, 0.15) is 20.0 Å². The summed E-state index contributed by atoms with van der Waals surface area (Å²) in [5.41, 5.74) is 6.19. The van der Waals surface area contributed by atoms with Crippen molar-refractivity contribution in [2.24, 2.45) is 0 Å². The number of esters is 1. The molecule has 1 amide bonds. The van der Waals surface area contributed by atoms with Crippen molar-refractivity contribution in [1.82, 2.24) is 4.90 Å². The first kappa shape index (κ1) is 13.3. The third kappa shape index (κ3) is 2.33. The van der Waals surface area contributed by atoms with Crippen LogP contribution in [0.5, 0.6) is 0 Å². The molecule has 0 aromatic carbocycles. The maximum Gasteiger partial charge on any atom is 0.343 e. The molecule has 7 heteroatoms. The summed E-state index contributed by atoms with van der Waals surface area (Å²) < 4.78 is 4.64. The summed E-state index contributed by atoms with van der Waals surface area (Å²) in [5.74, 6) is -0.792. The molecule has 94 valence electrons. The largest absolute Gasteiger partial charge is 0.465 e. The lowest BCUT2D eigenvalue weighted by molar-refractivity contribution is 0.0603. The van der Waals surface area contributed by atoms with Crippen LogP contribution in [0.2, 0.25) is 0 Å². The molecule has 0 unspecified atom stereocenters. The molecule has 0 spiro atoms. The van der Waals surface area contributed by atoms with Crippen molar-refractivity contribution in [3.8, 4) is 0 Å². The molecule has 17 heavy (non-hydrogen) atoms. The second-order valence-corrected chi connectivity index (χ2v) is 4.51. The molecule has 0 aliphatic heterocycles. The van der Waals surface area contributed by atoms with Gasteiger partial charge in [0.2, 0.25) is 0 Å². The molecular weight excluding hydrogens is 242 g/mol. The van der Waals surface area contributed by atoms with Gasteiger partial charge in [-0.2, -0.15) is 0 Å². The van der Waals surface area contributed by atoms with E-state index in [1.807, 2.05) is 0 Å². The van der Waals surface area contributed by atoms with Crippen LogP contribution >= 0.6 is 11.3 Å². The molecule has 0 aliphatic rings. The Kier molecular flexibility index (Phi) is 3.95. The number of carbonyl (C=O) groups excluding carboxylic acids is 2. The second kappa shape index (κ2) is 5.05. The van der Waals surface area contributed by atoms with E-state index in [4.69, 9.17) is 5.73 Å². The first-order valence-electron chi connectivity index (χ1n) is 4.84. The topological polar surface area (TPSA) is 84.7 Å². The van der Waals surface area contributed by atoms with Crippen LogP contribution in [0.25, 0.3) is 0 Å². The number of hydrogen-bond acceptors (Lipinski definition) is 6. The number of thiophene rings is 1. The summed E-state index contributed by atoms with van der Waals surface area (Å²) in [7, 11) is 6.17. The zero-order chi connectivity index (χ0) is 13.2. The fraction of sp³-hybridized carbons (Fsp3) is 0.400. The lowest BCUT2D eigenvalue weighted by Crippen LogP contribution is -2.21. The van der Waals surface area contributed by atoms with E-state index in [-0.39, 0.29) is 17.2 Å². The van der Waals surface area contributed by atoms with E-state index in [1.54, 1.807) is 21.1 Å². The van der Waals surface area contributed by atoms with Gasteiger partial charge >= 0.3 is 5.97 Å². The van der Waals surface area contributed by atoms with Gasteiger partial charge in [-0.1, -0.05) is 0 Å². The Morgan fingerprint density at radius 3 is 2.41 bits per heavy atom. The van der Waals surface area contributed by atoms with Gasteiger partial charge in [0.15, 0.2) is 0 Å². The number of nitrogens with one attached hydrogen (secondary N) is 1. The van der Waals surface area contributed by atoms with Gasteiger partial charge in [0.05, 0.1) is 12.8 Å². The Morgan fingerprint density at radius 2 is 2.00 bits per heavy atom. The van der Waals surface area contributed by atoms with E-state index in [0.29, 0.717) is 9.88 Å². The number of amides is 1. The quantitative estimate of drug-likeness (QED) is 0.784. The van der Waals surface area contributed by atoms with Gasteiger partial charge in [-0.05, 0) is 0 Å². The number of carbonyl (C=O) groups is 2. The zero-order valence-electron chi connectivity index (χ0n) is 10.2. The standard InChI is InChI=1S/C10H15N3O3S/c1-12-8-5(10(15)16-4)6(11)7(17-8)9(14)13(2)3/h12H,11H2,1-4H3. The van der Waals surface area contributed by atoms with Crippen LogP contribution in [-0.4, -0.2) is 45.0 Å². The Labute approximate surface area is 103 Å². The summed E-state index contributed by atoms with van der Waals surface area (Å²) in [4.78, 5) is 25.1. The maximum atomic E-state index is 11.8. The van der Waals surface area contributed by atoms with Crippen LogP contribution < -0.4 is 11.1 Å². The Morgan fingerprint density at radius 1 is 1.41 bits per heavy atom. The molecule has 1 aromatic rings. The lowest BCUT2D eigenvalue weighted by atomic mass is 10.2.